The molecule has 2 nitrogen and oxygen atoms in total. The monoisotopic (exact) mass is 534 g/mol. The van der Waals surface area contributed by atoms with Gasteiger partial charge in [0.1, 0.15) is 0 Å². The van der Waals surface area contributed by atoms with E-state index in [2.05, 4.69) is 162 Å². The molecule has 2 heteroatoms. The SMILES string of the molecule is c1ccc(N(c2ccccc2)c2ccc(-c3ccc4ccc5c6c(cc7ccc3c4c75)[nH]c3ccccc36)cc2)cc1. The molecule has 0 fully saturated rings. The van der Waals surface area contributed by atoms with Crippen molar-refractivity contribution in [2.24, 2.45) is 0 Å². The van der Waals surface area contributed by atoms with E-state index in [1.54, 1.807) is 0 Å². The molecule has 0 unspecified atom stereocenters. The fourth-order valence-corrected chi connectivity index (χ4v) is 6.86. The third kappa shape index (κ3) is 3.39. The number of hydrogen-bond acceptors (Lipinski definition) is 1. The lowest BCUT2D eigenvalue weighted by atomic mass is 9.88. The Morgan fingerprint density at radius 1 is 0.381 bits per heavy atom. The van der Waals surface area contributed by atoms with Gasteiger partial charge in [-0.1, -0.05) is 103 Å². The van der Waals surface area contributed by atoms with Gasteiger partial charge in [-0.3, -0.25) is 0 Å². The predicted octanol–water partition coefficient (Wildman–Crippen LogP) is 11.4. The summed E-state index contributed by atoms with van der Waals surface area (Å²) in [6.45, 7) is 0. The molecule has 1 N–H and O–H groups in total. The number of nitrogens with one attached hydrogen (secondary N) is 1. The molecule has 0 aliphatic rings. The molecule has 0 aliphatic heterocycles. The Balaban J connectivity index is 1.23. The molecule has 0 amide bonds. The van der Waals surface area contributed by atoms with Gasteiger partial charge in [-0.2, -0.15) is 0 Å². The highest BCUT2D eigenvalue weighted by Gasteiger charge is 2.17. The third-order valence-corrected chi connectivity index (χ3v) is 8.71. The topological polar surface area (TPSA) is 19.0 Å². The van der Waals surface area contributed by atoms with E-state index in [9.17, 15) is 0 Å². The first-order chi connectivity index (χ1) is 20.8. The van der Waals surface area contributed by atoms with Gasteiger partial charge in [0.15, 0.2) is 0 Å². The molecule has 9 rings (SSSR count). The van der Waals surface area contributed by atoms with Crippen molar-refractivity contribution in [2.75, 3.05) is 4.90 Å². The summed E-state index contributed by atoms with van der Waals surface area (Å²) in [7, 11) is 0. The summed E-state index contributed by atoms with van der Waals surface area (Å²) < 4.78 is 0. The molecular formula is C40H26N2. The van der Waals surface area contributed by atoms with Crippen LogP contribution in [0.5, 0.6) is 0 Å². The Kier molecular flexibility index (Phi) is 4.93. The predicted molar refractivity (Wildman–Crippen MR) is 180 cm³/mol. The number of benzene rings is 8. The van der Waals surface area contributed by atoms with Gasteiger partial charge in [0.25, 0.3) is 0 Å². The van der Waals surface area contributed by atoms with Crippen molar-refractivity contribution in [3.05, 3.63) is 152 Å². The first-order valence-corrected chi connectivity index (χ1v) is 14.5. The number of fused-ring (bicyclic) bond motifs is 4. The first-order valence-electron chi connectivity index (χ1n) is 14.5. The van der Waals surface area contributed by atoms with E-state index in [4.69, 9.17) is 0 Å². The van der Waals surface area contributed by atoms with Gasteiger partial charge >= 0.3 is 0 Å². The molecule has 0 bridgehead atoms. The maximum Gasteiger partial charge on any atom is 0.0477 e. The van der Waals surface area contributed by atoms with Crippen molar-refractivity contribution in [3.63, 3.8) is 0 Å². The highest BCUT2D eigenvalue weighted by molar-refractivity contribution is 6.33. The van der Waals surface area contributed by atoms with E-state index < -0.39 is 0 Å². The molecule has 0 atom stereocenters. The number of hydrogen-bond donors (Lipinski definition) is 1. The van der Waals surface area contributed by atoms with Gasteiger partial charge in [0.05, 0.1) is 0 Å². The molecule has 0 saturated carbocycles. The second-order valence-corrected chi connectivity index (χ2v) is 11.1. The van der Waals surface area contributed by atoms with Crippen LogP contribution in [0.15, 0.2) is 152 Å². The van der Waals surface area contributed by atoms with Crippen LogP contribution in [0.1, 0.15) is 0 Å². The molecule has 0 aliphatic carbocycles. The fraction of sp³-hybridized carbons (Fsp3) is 0. The Bertz CT molecular complexity index is 2340. The van der Waals surface area contributed by atoms with E-state index >= 15 is 0 Å². The lowest BCUT2D eigenvalue weighted by Crippen LogP contribution is -2.09. The Morgan fingerprint density at radius 2 is 0.976 bits per heavy atom. The van der Waals surface area contributed by atoms with Crippen LogP contribution < -0.4 is 4.90 Å². The average molecular weight is 535 g/mol. The van der Waals surface area contributed by atoms with Crippen LogP contribution in [-0.2, 0) is 0 Å². The van der Waals surface area contributed by atoms with Crippen LogP contribution in [0, 0.1) is 0 Å². The molecule has 196 valence electrons. The van der Waals surface area contributed by atoms with E-state index in [1.807, 2.05) is 0 Å². The minimum Gasteiger partial charge on any atom is -0.354 e. The summed E-state index contributed by atoms with van der Waals surface area (Å²) in [5.74, 6) is 0. The van der Waals surface area contributed by atoms with Crippen LogP contribution in [0.25, 0.3) is 65.3 Å². The largest absolute Gasteiger partial charge is 0.354 e. The highest BCUT2D eigenvalue weighted by atomic mass is 15.1. The zero-order chi connectivity index (χ0) is 27.6. The van der Waals surface area contributed by atoms with Gasteiger partial charge in [0, 0.05) is 38.9 Å². The summed E-state index contributed by atoms with van der Waals surface area (Å²) >= 11 is 0. The van der Waals surface area contributed by atoms with Gasteiger partial charge in [0.2, 0.25) is 0 Å². The van der Waals surface area contributed by atoms with E-state index in [1.165, 1.54) is 65.3 Å². The van der Waals surface area contributed by atoms with Crippen LogP contribution in [0.3, 0.4) is 0 Å². The Hall–Kier alpha value is -5.60. The molecule has 1 heterocycles. The number of aromatic nitrogens is 1. The van der Waals surface area contributed by atoms with Crippen LogP contribution in [-0.4, -0.2) is 4.98 Å². The van der Waals surface area contributed by atoms with Crippen molar-refractivity contribution < 1.29 is 0 Å². The van der Waals surface area contributed by atoms with E-state index in [-0.39, 0.29) is 0 Å². The number of para-hydroxylation sites is 3. The second kappa shape index (κ2) is 8.95. The number of H-pyrrole nitrogens is 1. The minimum atomic E-state index is 1.13. The lowest BCUT2D eigenvalue weighted by molar-refractivity contribution is 1.28. The summed E-state index contributed by atoms with van der Waals surface area (Å²) in [5.41, 5.74) is 8.27. The quantitative estimate of drug-likeness (QED) is 0.223. The van der Waals surface area contributed by atoms with E-state index in [0.29, 0.717) is 0 Å². The van der Waals surface area contributed by atoms with Crippen molar-refractivity contribution in [3.8, 4) is 11.1 Å². The number of rotatable bonds is 4. The zero-order valence-corrected chi connectivity index (χ0v) is 22.9. The Labute approximate surface area is 243 Å². The zero-order valence-electron chi connectivity index (χ0n) is 22.9. The minimum absolute atomic E-state index is 1.13. The highest BCUT2D eigenvalue weighted by Crippen LogP contribution is 2.44. The molecule has 8 aromatic carbocycles. The van der Waals surface area contributed by atoms with Gasteiger partial charge < -0.3 is 9.88 Å². The molecule has 1 aromatic heterocycles. The van der Waals surface area contributed by atoms with Crippen LogP contribution in [0.4, 0.5) is 17.1 Å². The van der Waals surface area contributed by atoms with Crippen molar-refractivity contribution >= 4 is 71.2 Å². The summed E-state index contributed by atoms with van der Waals surface area (Å²) in [4.78, 5) is 5.96. The van der Waals surface area contributed by atoms with Crippen molar-refractivity contribution in [2.45, 2.75) is 0 Å². The average Bonchev–Trinajstić information content (AvgIpc) is 3.43. The summed E-state index contributed by atoms with van der Waals surface area (Å²) in [6, 6.07) is 54.8. The molecule has 0 saturated heterocycles. The fourth-order valence-electron chi connectivity index (χ4n) is 6.86. The molecule has 0 spiro atoms. The standard InChI is InChI=1S/C40H26N2/c1-3-9-29(10-4-1)42(30-11-5-2-6-12-30)31-20-15-26(16-21-31)32-22-17-27-18-24-35-39-28(19-23-33(32)38(27)39)25-37-40(35)34-13-7-8-14-36(34)41-37/h1-25,41H. The van der Waals surface area contributed by atoms with Gasteiger partial charge in [-0.15, -0.1) is 0 Å². The number of aromatic amines is 1. The van der Waals surface area contributed by atoms with Crippen molar-refractivity contribution in [1.29, 1.82) is 0 Å². The number of anilines is 3. The van der Waals surface area contributed by atoms with Crippen LogP contribution >= 0.6 is 0 Å². The Morgan fingerprint density at radius 3 is 1.74 bits per heavy atom. The maximum absolute atomic E-state index is 3.65. The van der Waals surface area contributed by atoms with E-state index in [0.717, 1.165) is 17.1 Å². The smallest absolute Gasteiger partial charge is 0.0477 e. The molecular weight excluding hydrogens is 508 g/mol. The van der Waals surface area contributed by atoms with Crippen molar-refractivity contribution in [1.82, 2.24) is 4.98 Å². The lowest BCUT2D eigenvalue weighted by Gasteiger charge is -2.25. The van der Waals surface area contributed by atoms with Gasteiger partial charge in [-0.05, 0) is 92.0 Å². The number of nitrogens with zero attached hydrogens (tertiary/aromatic N) is 1. The molecule has 0 radical (unpaired) electrons. The normalized spacial score (nSPS) is 11.8. The summed E-state index contributed by atoms with van der Waals surface area (Å²) in [5, 5.41) is 10.4. The van der Waals surface area contributed by atoms with Crippen LogP contribution in [0.2, 0.25) is 0 Å². The first kappa shape index (κ1) is 23.1. The third-order valence-electron chi connectivity index (χ3n) is 8.71. The molecule has 42 heavy (non-hydrogen) atoms. The molecule has 9 aromatic rings. The summed E-state index contributed by atoms with van der Waals surface area (Å²) in [6.07, 6.45) is 0. The van der Waals surface area contributed by atoms with Gasteiger partial charge in [-0.25, -0.2) is 0 Å². The second-order valence-electron chi connectivity index (χ2n) is 11.1. The maximum atomic E-state index is 3.65.